The number of aliphatic hydroxyl groups is 1. The van der Waals surface area contributed by atoms with E-state index in [-0.39, 0.29) is 23.7 Å². The highest BCUT2D eigenvalue weighted by Crippen LogP contribution is 2.69. The first-order valence-corrected chi connectivity index (χ1v) is 13.4. The molecule has 8 rings (SSSR count). The van der Waals surface area contributed by atoms with Crippen molar-refractivity contribution in [3.63, 3.8) is 0 Å². The van der Waals surface area contributed by atoms with Gasteiger partial charge >= 0.3 is 0 Å². The fraction of sp³-hybridized carbons (Fsp3) is 0.429. The lowest BCUT2D eigenvalue weighted by Gasteiger charge is -2.62. The van der Waals surface area contributed by atoms with Gasteiger partial charge in [0.25, 0.3) is 0 Å². The smallest absolute Gasteiger partial charge is 0.223 e. The van der Waals surface area contributed by atoms with Crippen LogP contribution in [0.5, 0.6) is 11.5 Å². The normalized spacial score (nSPS) is 31.0. The fourth-order valence-corrected chi connectivity index (χ4v) is 7.97. The Morgan fingerprint density at radius 1 is 1.18 bits per heavy atom. The number of aromatic nitrogens is 1. The molecule has 1 saturated carbocycles. The summed E-state index contributed by atoms with van der Waals surface area (Å²) in [5.41, 5.74) is 20.8. The number of phenolic OH excluding ortho intramolecular Hbond substituents is 1. The van der Waals surface area contributed by atoms with Gasteiger partial charge < -0.3 is 37.1 Å². The highest BCUT2D eigenvalue weighted by atomic mass is 16.5. The number of benzene rings is 2. The van der Waals surface area contributed by atoms with Crippen LogP contribution in [0.15, 0.2) is 40.3 Å². The average molecular weight is 514 g/mol. The molecule has 0 radical (unpaired) electrons. The number of phenols is 1. The summed E-state index contributed by atoms with van der Waals surface area (Å²) >= 11 is 0. The summed E-state index contributed by atoms with van der Waals surface area (Å²) in [5.74, 6) is 1.21. The minimum atomic E-state index is -1.05. The lowest BCUT2D eigenvalue weighted by molar-refractivity contribution is -0.173. The Morgan fingerprint density at radius 3 is 2.82 bits per heavy atom. The van der Waals surface area contributed by atoms with E-state index >= 15 is 0 Å². The summed E-state index contributed by atoms with van der Waals surface area (Å²) in [4.78, 5) is 14.3. The van der Waals surface area contributed by atoms with Crippen LogP contribution in [0.25, 0.3) is 10.9 Å². The predicted octanol–water partition coefficient (Wildman–Crippen LogP) is 1.79. The third kappa shape index (κ3) is 2.74. The van der Waals surface area contributed by atoms with Gasteiger partial charge in [0.05, 0.1) is 22.4 Å². The van der Waals surface area contributed by atoms with E-state index in [2.05, 4.69) is 19.9 Å². The zero-order chi connectivity index (χ0) is 26.0. The predicted molar refractivity (Wildman–Crippen MR) is 144 cm³/mol. The first-order chi connectivity index (χ1) is 18.3. The van der Waals surface area contributed by atoms with Crippen LogP contribution >= 0.6 is 0 Å². The number of fused-ring (bicyclic) bond motifs is 4. The SMILES string of the molecule is NC(N)=NC(N)=Nc1ccc2[nH]c3c(c2c1)C[C@@]1(O)[C@@H]2Cc4ccc(O)c5c4[C@@]1(CCN2CC1CC1)[C@H]3O5. The molecule has 10 heteroatoms. The maximum Gasteiger partial charge on any atom is 0.223 e. The van der Waals surface area contributed by atoms with E-state index in [0.29, 0.717) is 17.9 Å². The molecule has 1 aromatic heterocycles. The van der Waals surface area contributed by atoms with Gasteiger partial charge in [0.15, 0.2) is 23.6 Å². The number of likely N-dealkylation sites (tertiary alicyclic amines) is 1. The number of aromatic amines is 1. The number of ether oxygens (including phenoxy) is 1. The molecule has 1 saturated heterocycles. The van der Waals surface area contributed by atoms with E-state index in [1.165, 1.54) is 18.4 Å². The first kappa shape index (κ1) is 22.2. The Bertz CT molecular complexity index is 1590. The molecule has 2 bridgehead atoms. The van der Waals surface area contributed by atoms with E-state index in [1.54, 1.807) is 6.07 Å². The topological polar surface area (TPSA) is 171 Å². The average Bonchev–Trinajstić information content (AvgIpc) is 3.51. The van der Waals surface area contributed by atoms with Crippen molar-refractivity contribution in [2.45, 2.75) is 55.3 Å². The number of guanidine groups is 2. The number of nitrogens with one attached hydrogen (secondary N) is 1. The Labute approximate surface area is 219 Å². The van der Waals surface area contributed by atoms with E-state index in [4.69, 9.17) is 21.9 Å². The van der Waals surface area contributed by atoms with E-state index < -0.39 is 17.1 Å². The third-order valence-corrected chi connectivity index (χ3v) is 9.63. The molecule has 2 fully saturated rings. The molecule has 3 aromatic rings. The fourth-order valence-electron chi connectivity index (χ4n) is 7.97. The number of piperidine rings is 1. The summed E-state index contributed by atoms with van der Waals surface area (Å²) < 4.78 is 6.64. The Hall–Kier alpha value is -3.76. The highest BCUT2D eigenvalue weighted by Gasteiger charge is 2.72. The number of rotatable bonds is 3. The second-order valence-corrected chi connectivity index (χ2v) is 11.7. The summed E-state index contributed by atoms with van der Waals surface area (Å²) in [7, 11) is 0. The van der Waals surface area contributed by atoms with Crippen LogP contribution in [0.4, 0.5) is 5.69 Å². The lowest BCUT2D eigenvalue weighted by Crippen LogP contribution is -2.74. The quantitative estimate of drug-likeness (QED) is 0.229. The summed E-state index contributed by atoms with van der Waals surface area (Å²) in [6, 6.07) is 9.50. The van der Waals surface area contributed by atoms with Crippen molar-refractivity contribution in [1.82, 2.24) is 9.88 Å². The summed E-state index contributed by atoms with van der Waals surface area (Å²) in [6.45, 7) is 1.94. The standard InChI is InChI=1S/C28H31N7O3/c29-25(30)34-26(31)32-15-4-5-18-16(10-15)17-11-28(37)20-9-14-3-6-19(36)23-21(14)27(28,24(38-23)22(17)33-18)7-8-35(20)12-13-1-2-13/h3-6,10,13,20,24,33,36-37H,1-2,7-9,11-12H2,(H6,29,30,31,32,34)/t20-,24-,27-,28+/m0/s1. The highest BCUT2D eigenvalue weighted by molar-refractivity contribution is 5.95. The van der Waals surface area contributed by atoms with Crippen molar-refractivity contribution in [3.8, 4) is 11.5 Å². The van der Waals surface area contributed by atoms with Crippen molar-refractivity contribution < 1.29 is 14.9 Å². The van der Waals surface area contributed by atoms with Crippen molar-refractivity contribution in [2.24, 2.45) is 33.1 Å². The van der Waals surface area contributed by atoms with Gasteiger partial charge in [-0.15, -0.1) is 0 Å². The van der Waals surface area contributed by atoms with Crippen LogP contribution in [-0.2, 0) is 18.3 Å². The Balaban J connectivity index is 1.33. The van der Waals surface area contributed by atoms with Crippen LogP contribution < -0.4 is 21.9 Å². The van der Waals surface area contributed by atoms with E-state index in [9.17, 15) is 10.2 Å². The van der Waals surface area contributed by atoms with Crippen molar-refractivity contribution in [1.29, 1.82) is 0 Å². The van der Waals surface area contributed by atoms with Gasteiger partial charge in [0.2, 0.25) is 5.96 Å². The minimum absolute atomic E-state index is 0.0252. The molecule has 2 aromatic carbocycles. The van der Waals surface area contributed by atoms with Gasteiger partial charge in [-0.3, -0.25) is 4.90 Å². The maximum atomic E-state index is 12.9. The third-order valence-electron chi connectivity index (χ3n) is 9.63. The van der Waals surface area contributed by atoms with Gasteiger partial charge in [-0.25, -0.2) is 4.99 Å². The molecule has 9 N–H and O–H groups in total. The number of hydrogen-bond donors (Lipinski definition) is 6. The number of nitrogens with two attached hydrogens (primary N) is 3. The van der Waals surface area contributed by atoms with Crippen LogP contribution in [-0.4, -0.2) is 56.7 Å². The Kier molecular flexibility index (Phi) is 4.22. The zero-order valence-corrected chi connectivity index (χ0v) is 20.9. The van der Waals surface area contributed by atoms with Crippen molar-refractivity contribution in [2.75, 3.05) is 13.1 Å². The molecule has 4 atom stereocenters. The molecular formula is C28H31N7O3. The van der Waals surface area contributed by atoms with Crippen LogP contribution in [0.2, 0.25) is 0 Å². The molecule has 196 valence electrons. The Morgan fingerprint density at radius 2 is 2.03 bits per heavy atom. The number of aromatic hydroxyl groups is 1. The molecule has 5 aliphatic rings. The number of hydrogen-bond acceptors (Lipinski definition) is 5. The summed E-state index contributed by atoms with van der Waals surface area (Å²) in [6.07, 6.45) is 4.12. The van der Waals surface area contributed by atoms with Crippen LogP contribution in [0.3, 0.4) is 0 Å². The molecule has 2 aliphatic heterocycles. The van der Waals surface area contributed by atoms with Gasteiger partial charge in [0.1, 0.15) is 0 Å². The lowest BCUT2D eigenvalue weighted by atomic mass is 9.49. The molecule has 38 heavy (non-hydrogen) atoms. The van der Waals surface area contributed by atoms with Crippen LogP contribution in [0, 0.1) is 5.92 Å². The van der Waals surface area contributed by atoms with Gasteiger partial charge in [0, 0.05) is 35.5 Å². The monoisotopic (exact) mass is 513 g/mol. The number of H-pyrrole nitrogens is 1. The summed E-state index contributed by atoms with van der Waals surface area (Å²) in [5, 5.41) is 24.8. The molecule has 0 unspecified atom stereocenters. The molecule has 3 heterocycles. The molecule has 0 amide bonds. The first-order valence-electron chi connectivity index (χ1n) is 13.4. The zero-order valence-electron chi connectivity index (χ0n) is 20.9. The maximum absolute atomic E-state index is 12.9. The molecular weight excluding hydrogens is 482 g/mol. The van der Waals surface area contributed by atoms with E-state index in [1.807, 2.05) is 24.3 Å². The van der Waals surface area contributed by atoms with Crippen LogP contribution in [0.1, 0.15) is 47.8 Å². The molecule has 3 aliphatic carbocycles. The number of nitrogens with zero attached hydrogens (tertiary/aromatic N) is 3. The second kappa shape index (κ2) is 7.21. The largest absolute Gasteiger partial charge is 0.504 e. The minimum Gasteiger partial charge on any atom is -0.504 e. The number of aliphatic imine (C=N–C) groups is 2. The second-order valence-electron chi connectivity index (χ2n) is 11.7. The van der Waals surface area contributed by atoms with E-state index in [0.717, 1.165) is 59.6 Å². The van der Waals surface area contributed by atoms with Crippen molar-refractivity contribution in [3.05, 3.63) is 52.7 Å². The molecule has 1 spiro atoms. The molecule has 10 nitrogen and oxygen atoms in total. The van der Waals surface area contributed by atoms with Crippen molar-refractivity contribution >= 4 is 28.5 Å². The van der Waals surface area contributed by atoms with Gasteiger partial charge in [-0.05, 0) is 73.5 Å². The van der Waals surface area contributed by atoms with Gasteiger partial charge in [-0.1, -0.05) is 6.07 Å². The van der Waals surface area contributed by atoms with Gasteiger partial charge in [-0.2, -0.15) is 4.99 Å².